The van der Waals surface area contributed by atoms with Crippen LogP contribution in [-0.2, 0) is 0 Å². The maximum absolute atomic E-state index is 4.04. The molecule has 0 saturated heterocycles. The van der Waals surface area contributed by atoms with Gasteiger partial charge >= 0.3 is 0 Å². The first-order valence-corrected chi connectivity index (χ1v) is 3.95. The van der Waals surface area contributed by atoms with E-state index in [1.807, 2.05) is 0 Å². The maximum atomic E-state index is 4.04. The number of hydrogen-bond acceptors (Lipinski definition) is 1. The smallest absolute Gasteiger partial charge is 0.0494 e. The molecule has 0 aliphatic heterocycles. The number of rotatable bonds is 3. The van der Waals surface area contributed by atoms with Crippen LogP contribution in [0.1, 0.15) is 40.5 Å². The topological polar surface area (TPSA) is 12.4 Å². The van der Waals surface area contributed by atoms with Crippen molar-refractivity contribution in [3.05, 3.63) is 0 Å². The lowest BCUT2D eigenvalue weighted by atomic mass is 9.87. The molecule has 0 aromatic heterocycles. The SMILES string of the molecule is C=NC(CC)CC(C)(C)C. The molecule has 0 spiro atoms. The monoisotopic (exact) mass is 141 g/mol. The molecule has 0 rings (SSSR count). The van der Waals surface area contributed by atoms with Gasteiger partial charge in [-0.3, -0.25) is 4.99 Å². The predicted molar refractivity (Wildman–Crippen MR) is 47.7 cm³/mol. The van der Waals surface area contributed by atoms with Crippen molar-refractivity contribution in [1.82, 2.24) is 0 Å². The highest BCUT2D eigenvalue weighted by Crippen LogP contribution is 2.23. The number of hydrogen-bond donors (Lipinski definition) is 0. The van der Waals surface area contributed by atoms with Crippen LogP contribution in [0.5, 0.6) is 0 Å². The fourth-order valence-corrected chi connectivity index (χ4v) is 1.04. The zero-order valence-electron chi connectivity index (χ0n) is 7.65. The molecule has 0 aromatic rings. The molecule has 0 aromatic carbocycles. The van der Waals surface area contributed by atoms with Crippen molar-refractivity contribution in [3.8, 4) is 0 Å². The fraction of sp³-hybridized carbons (Fsp3) is 0.889. The number of aliphatic imine (C=N–C) groups is 1. The van der Waals surface area contributed by atoms with Gasteiger partial charge in [0.05, 0.1) is 0 Å². The molecule has 0 N–H and O–H groups in total. The normalized spacial score (nSPS) is 14.8. The van der Waals surface area contributed by atoms with Crippen LogP contribution in [0, 0.1) is 5.41 Å². The summed E-state index contributed by atoms with van der Waals surface area (Å²) in [5, 5.41) is 0. The third-order valence-electron chi connectivity index (χ3n) is 1.58. The van der Waals surface area contributed by atoms with Crippen LogP contribution in [0.15, 0.2) is 4.99 Å². The van der Waals surface area contributed by atoms with Crippen molar-refractivity contribution in [2.75, 3.05) is 0 Å². The Morgan fingerprint density at radius 3 is 2.00 bits per heavy atom. The van der Waals surface area contributed by atoms with Crippen molar-refractivity contribution in [3.63, 3.8) is 0 Å². The van der Waals surface area contributed by atoms with E-state index >= 15 is 0 Å². The molecule has 1 nitrogen and oxygen atoms in total. The van der Waals surface area contributed by atoms with Crippen LogP contribution >= 0.6 is 0 Å². The second-order valence-electron chi connectivity index (χ2n) is 4.01. The van der Waals surface area contributed by atoms with E-state index in [2.05, 4.69) is 39.4 Å². The highest BCUT2D eigenvalue weighted by Gasteiger charge is 2.15. The third-order valence-corrected chi connectivity index (χ3v) is 1.58. The Labute approximate surface area is 64.6 Å². The first-order valence-electron chi connectivity index (χ1n) is 3.95. The summed E-state index contributed by atoms with van der Waals surface area (Å²) < 4.78 is 0. The van der Waals surface area contributed by atoms with Gasteiger partial charge < -0.3 is 0 Å². The van der Waals surface area contributed by atoms with Gasteiger partial charge in [-0.1, -0.05) is 27.7 Å². The molecule has 1 atom stereocenters. The number of nitrogens with zero attached hydrogens (tertiary/aromatic N) is 1. The Morgan fingerprint density at radius 1 is 1.40 bits per heavy atom. The van der Waals surface area contributed by atoms with Crippen LogP contribution in [0.4, 0.5) is 0 Å². The highest BCUT2D eigenvalue weighted by atomic mass is 14.7. The molecule has 0 radical (unpaired) electrons. The molecular weight excluding hydrogens is 122 g/mol. The van der Waals surface area contributed by atoms with E-state index in [0.717, 1.165) is 12.8 Å². The lowest BCUT2D eigenvalue weighted by Crippen LogP contribution is -2.14. The van der Waals surface area contributed by atoms with E-state index in [1.165, 1.54) is 0 Å². The van der Waals surface area contributed by atoms with Gasteiger partial charge in [-0.05, 0) is 25.0 Å². The lowest BCUT2D eigenvalue weighted by molar-refractivity contribution is 0.337. The minimum Gasteiger partial charge on any atom is -0.298 e. The summed E-state index contributed by atoms with van der Waals surface area (Å²) in [4.78, 5) is 4.04. The standard InChI is InChI=1S/C9H19N/c1-6-8(10-5)7-9(2,3)4/h8H,5-7H2,1-4H3. The largest absolute Gasteiger partial charge is 0.298 e. The van der Waals surface area contributed by atoms with Crippen molar-refractivity contribution >= 4 is 6.72 Å². The summed E-state index contributed by atoms with van der Waals surface area (Å²) in [6.45, 7) is 12.4. The predicted octanol–water partition coefficient (Wildman–Crippen LogP) is 2.90. The molecule has 0 aliphatic carbocycles. The fourth-order valence-electron chi connectivity index (χ4n) is 1.04. The maximum Gasteiger partial charge on any atom is 0.0494 e. The van der Waals surface area contributed by atoms with Crippen LogP contribution < -0.4 is 0 Å². The Kier molecular flexibility index (Phi) is 3.62. The van der Waals surface area contributed by atoms with E-state index in [0.29, 0.717) is 11.5 Å². The zero-order chi connectivity index (χ0) is 8.20. The summed E-state index contributed by atoms with van der Waals surface area (Å²) in [7, 11) is 0. The van der Waals surface area contributed by atoms with Crippen molar-refractivity contribution in [1.29, 1.82) is 0 Å². The summed E-state index contributed by atoms with van der Waals surface area (Å²) in [6.07, 6.45) is 2.26. The molecular formula is C9H19N. The van der Waals surface area contributed by atoms with Crippen LogP contribution in [0.25, 0.3) is 0 Å². The highest BCUT2D eigenvalue weighted by molar-refractivity contribution is 5.24. The van der Waals surface area contributed by atoms with Gasteiger partial charge in [0.15, 0.2) is 0 Å². The minimum atomic E-state index is 0.391. The van der Waals surface area contributed by atoms with Crippen LogP contribution in [0.3, 0.4) is 0 Å². The van der Waals surface area contributed by atoms with Gasteiger partial charge in [0.25, 0.3) is 0 Å². The van der Waals surface area contributed by atoms with E-state index in [9.17, 15) is 0 Å². The van der Waals surface area contributed by atoms with Crippen LogP contribution in [0.2, 0.25) is 0 Å². The third kappa shape index (κ3) is 4.54. The summed E-state index contributed by atoms with van der Waals surface area (Å²) in [5.41, 5.74) is 0.391. The summed E-state index contributed by atoms with van der Waals surface area (Å²) in [5.74, 6) is 0. The lowest BCUT2D eigenvalue weighted by Gasteiger charge is -2.21. The molecule has 1 heteroatoms. The zero-order valence-corrected chi connectivity index (χ0v) is 7.65. The Morgan fingerprint density at radius 2 is 1.90 bits per heavy atom. The molecule has 0 aliphatic rings. The molecule has 0 saturated carbocycles. The first-order chi connectivity index (χ1) is 4.49. The average Bonchev–Trinajstić information content (AvgIpc) is 1.81. The molecule has 0 fully saturated rings. The second-order valence-corrected chi connectivity index (χ2v) is 4.01. The van der Waals surface area contributed by atoms with Gasteiger partial charge in [0.2, 0.25) is 0 Å². The van der Waals surface area contributed by atoms with Gasteiger partial charge in [0, 0.05) is 6.04 Å². The summed E-state index contributed by atoms with van der Waals surface area (Å²) >= 11 is 0. The molecule has 0 bridgehead atoms. The van der Waals surface area contributed by atoms with E-state index in [-0.39, 0.29) is 0 Å². The van der Waals surface area contributed by atoms with Crippen LogP contribution in [-0.4, -0.2) is 12.8 Å². The summed E-state index contributed by atoms with van der Waals surface area (Å²) in [6, 6.07) is 0.458. The van der Waals surface area contributed by atoms with Gasteiger partial charge in [-0.15, -0.1) is 0 Å². The van der Waals surface area contributed by atoms with E-state index in [1.54, 1.807) is 0 Å². The Bertz CT molecular complexity index is 99.8. The van der Waals surface area contributed by atoms with Crippen molar-refractivity contribution in [2.45, 2.75) is 46.6 Å². The van der Waals surface area contributed by atoms with E-state index in [4.69, 9.17) is 0 Å². The first kappa shape index (κ1) is 9.67. The Balaban J connectivity index is 3.74. The molecule has 0 heterocycles. The average molecular weight is 141 g/mol. The minimum absolute atomic E-state index is 0.391. The van der Waals surface area contributed by atoms with Gasteiger partial charge in [-0.25, -0.2) is 0 Å². The van der Waals surface area contributed by atoms with Crippen molar-refractivity contribution in [2.24, 2.45) is 10.4 Å². The van der Waals surface area contributed by atoms with Gasteiger partial charge in [-0.2, -0.15) is 0 Å². The molecule has 0 amide bonds. The molecule has 10 heavy (non-hydrogen) atoms. The second kappa shape index (κ2) is 3.75. The van der Waals surface area contributed by atoms with E-state index < -0.39 is 0 Å². The molecule has 1 unspecified atom stereocenters. The van der Waals surface area contributed by atoms with Gasteiger partial charge in [0.1, 0.15) is 0 Å². The molecule has 60 valence electrons. The Hall–Kier alpha value is -0.330. The quantitative estimate of drug-likeness (QED) is 0.536. The van der Waals surface area contributed by atoms with Crippen molar-refractivity contribution < 1.29 is 0 Å².